The quantitative estimate of drug-likeness (QED) is 0.869. The summed E-state index contributed by atoms with van der Waals surface area (Å²) in [5, 5.41) is 6.49. The van der Waals surface area contributed by atoms with E-state index in [4.69, 9.17) is 11.6 Å². The number of nitrogens with one attached hydrogen (secondary N) is 2. The van der Waals surface area contributed by atoms with E-state index in [-0.39, 0.29) is 5.91 Å². The number of hydrogen-bond donors (Lipinski definition) is 2. The summed E-state index contributed by atoms with van der Waals surface area (Å²) in [6.07, 6.45) is 2.38. The second kappa shape index (κ2) is 4.96. The molecule has 0 saturated heterocycles. The number of amides is 1. The number of carbonyl (C=O) groups excluding carboxylic acids is 1. The molecule has 0 bridgehead atoms. The Morgan fingerprint density at radius 1 is 1.41 bits per heavy atom. The highest BCUT2D eigenvalue weighted by atomic mass is 35.5. The van der Waals surface area contributed by atoms with E-state index in [9.17, 15) is 4.79 Å². The SMILES string of the molecule is CNC(=O)c1cc(NC2CC(C)C2)ccc1Cl. The van der Waals surface area contributed by atoms with Gasteiger partial charge >= 0.3 is 0 Å². The molecule has 4 heteroatoms. The van der Waals surface area contributed by atoms with Crippen molar-refractivity contribution in [2.24, 2.45) is 5.92 Å². The summed E-state index contributed by atoms with van der Waals surface area (Å²) >= 11 is 5.99. The van der Waals surface area contributed by atoms with Gasteiger partial charge in [0.15, 0.2) is 0 Å². The Balaban J connectivity index is 2.10. The van der Waals surface area contributed by atoms with Gasteiger partial charge < -0.3 is 10.6 Å². The van der Waals surface area contributed by atoms with Gasteiger partial charge in [-0.1, -0.05) is 18.5 Å². The first-order valence-corrected chi connectivity index (χ1v) is 6.26. The molecular weight excluding hydrogens is 236 g/mol. The number of halogens is 1. The molecule has 1 aromatic rings. The van der Waals surface area contributed by atoms with Gasteiger partial charge in [-0.3, -0.25) is 4.79 Å². The van der Waals surface area contributed by atoms with Crippen LogP contribution in [0.5, 0.6) is 0 Å². The van der Waals surface area contributed by atoms with Crippen LogP contribution in [-0.4, -0.2) is 19.0 Å². The van der Waals surface area contributed by atoms with Crippen molar-refractivity contribution >= 4 is 23.2 Å². The standard InChI is InChI=1S/C13H17ClN2O/c1-8-5-10(6-8)16-9-3-4-12(14)11(7-9)13(17)15-2/h3-4,7-8,10,16H,5-6H2,1-2H3,(H,15,17). The van der Waals surface area contributed by atoms with Crippen molar-refractivity contribution in [3.05, 3.63) is 28.8 Å². The zero-order valence-corrected chi connectivity index (χ0v) is 10.8. The maximum Gasteiger partial charge on any atom is 0.252 e. The molecule has 0 unspecified atom stereocenters. The fourth-order valence-electron chi connectivity index (χ4n) is 2.18. The molecule has 0 radical (unpaired) electrons. The van der Waals surface area contributed by atoms with Crippen LogP contribution in [0.1, 0.15) is 30.1 Å². The van der Waals surface area contributed by atoms with E-state index >= 15 is 0 Å². The van der Waals surface area contributed by atoms with Gasteiger partial charge in [-0.25, -0.2) is 0 Å². The second-order valence-electron chi connectivity index (χ2n) is 4.69. The molecule has 92 valence electrons. The van der Waals surface area contributed by atoms with Crippen LogP contribution >= 0.6 is 11.6 Å². The number of anilines is 1. The Hall–Kier alpha value is -1.22. The van der Waals surface area contributed by atoms with E-state index in [0.717, 1.165) is 11.6 Å². The summed E-state index contributed by atoms with van der Waals surface area (Å²) in [6.45, 7) is 2.25. The normalized spacial score (nSPS) is 22.8. The van der Waals surface area contributed by atoms with Gasteiger partial charge in [0.1, 0.15) is 0 Å². The van der Waals surface area contributed by atoms with Crippen molar-refractivity contribution in [3.8, 4) is 0 Å². The van der Waals surface area contributed by atoms with Crippen LogP contribution in [0.25, 0.3) is 0 Å². The van der Waals surface area contributed by atoms with Gasteiger partial charge in [-0.15, -0.1) is 0 Å². The summed E-state index contributed by atoms with van der Waals surface area (Å²) in [5.74, 6) is 0.652. The van der Waals surface area contributed by atoms with Crippen molar-refractivity contribution in [1.82, 2.24) is 5.32 Å². The Morgan fingerprint density at radius 2 is 2.12 bits per heavy atom. The van der Waals surface area contributed by atoms with Crippen LogP contribution in [0.3, 0.4) is 0 Å². The van der Waals surface area contributed by atoms with Crippen molar-refractivity contribution in [3.63, 3.8) is 0 Å². The number of rotatable bonds is 3. The second-order valence-corrected chi connectivity index (χ2v) is 5.10. The molecule has 2 N–H and O–H groups in total. The Bertz CT molecular complexity index is 427. The topological polar surface area (TPSA) is 41.1 Å². The van der Waals surface area contributed by atoms with Gasteiger partial charge in [0.25, 0.3) is 5.91 Å². The Morgan fingerprint density at radius 3 is 2.71 bits per heavy atom. The Labute approximate surface area is 107 Å². The maximum atomic E-state index is 11.6. The number of carbonyl (C=O) groups is 1. The number of benzene rings is 1. The lowest BCUT2D eigenvalue weighted by molar-refractivity contribution is 0.0963. The van der Waals surface area contributed by atoms with Crippen molar-refractivity contribution in [2.75, 3.05) is 12.4 Å². The van der Waals surface area contributed by atoms with E-state index in [0.29, 0.717) is 16.6 Å². The summed E-state index contributed by atoms with van der Waals surface area (Å²) < 4.78 is 0. The average molecular weight is 253 g/mol. The molecule has 3 nitrogen and oxygen atoms in total. The van der Waals surface area contributed by atoms with Crippen molar-refractivity contribution < 1.29 is 4.79 Å². The monoisotopic (exact) mass is 252 g/mol. The molecule has 1 aliphatic rings. The minimum atomic E-state index is -0.152. The molecule has 0 atom stereocenters. The third-order valence-electron chi connectivity index (χ3n) is 3.18. The third kappa shape index (κ3) is 2.72. The van der Waals surface area contributed by atoms with Crippen LogP contribution < -0.4 is 10.6 Å². The van der Waals surface area contributed by atoms with Gasteiger partial charge in [-0.2, -0.15) is 0 Å². The molecule has 1 aromatic carbocycles. The molecule has 0 aliphatic heterocycles. The van der Waals surface area contributed by atoms with Gasteiger partial charge in [0.05, 0.1) is 10.6 Å². The molecule has 0 spiro atoms. The summed E-state index contributed by atoms with van der Waals surface area (Å²) in [6, 6.07) is 6.02. The van der Waals surface area contributed by atoms with Crippen LogP contribution in [0.15, 0.2) is 18.2 Å². The first-order valence-electron chi connectivity index (χ1n) is 5.88. The average Bonchev–Trinajstić information content (AvgIpc) is 2.28. The predicted molar refractivity (Wildman–Crippen MR) is 70.7 cm³/mol. The highest BCUT2D eigenvalue weighted by Gasteiger charge is 2.25. The van der Waals surface area contributed by atoms with Gasteiger partial charge in [-0.05, 0) is 37.0 Å². The molecule has 1 aliphatic carbocycles. The first kappa shape index (κ1) is 12.2. The van der Waals surface area contributed by atoms with Crippen molar-refractivity contribution in [1.29, 1.82) is 0 Å². The first-order chi connectivity index (χ1) is 8.10. The molecule has 1 amide bonds. The zero-order chi connectivity index (χ0) is 12.4. The predicted octanol–water partition coefficient (Wildman–Crippen LogP) is 2.91. The fourth-order valence-corrected chi connectivity index (χ4v) is 2.38. The lowest BCUT2D eigenvalue weighted by atomic mass is 9.82. The summed E-state index contributed by atoms with van der Waals surface area (Å²) in [5.41, 5.74) is 1.48. The van der Waals surface area contributed by atoms with Crippen LogP contribution in [-0.2, 0) is 0 Å². The van der Waals surface area contributed by atoms with E-state index in [1.54, 1.807) is 13.1 Å². The molecule has 1 saturated carbocycles. The molecule has 0 aromatic heterocycles. The maximum absolute atomic E-state index is 11.6. The molecular formula is C13H17ClN2O. The van der Waals surface area contributed by atoms with E-state index < -0.39 is 0 Å². The fraction of sp³-hybridized carbons (Fsp3) is 0.462. The highest BCUT2D eigenvalue weighted by molar-refractivity contribution is 6.34. The largest absolute Gasteiger partial charge is 0.382 e. The van der Waals surface area contributed by atoms with Crippen LogP contribution in [0, 0.1) is 5.92 Å². The van der Waals surface area contributed by atoms with Crippen LogP contribution in [0.4, 0.5) is 5.69 Å². The van der Waals surface area contributed by atoms with E-state index in [2.05, 4.69) is 17.6 Å². The molecule has 17 heavy (non-hydrogen) atoms. The summed E-state index contributed by atoms with van der Waals surface area (Å²) in [7, 11) is 1.60. The minimum absolute atomic E-state index is 0.152. The lowest BCUT2D eigenvalue weighted by Crippen LogP contribution is -2.33. The zero-order valence-electron chi connectivity index (χ0n) is 10.1. The minimum Gasteiger partial charge on any atom is -0.382 e. The van der Waals surface area contributed by atoms with Crippen molar-refractivity contribution in [2.45, 2.75) is 25.8 Å². The third-order valence-corrected chi connectivity index (χ3v) is 3.51. The Kier molecular flexibility index (Phi) is 3.57. The van der Waals surface area contributed by atoms with E-state index in [1.165, 1.54) is 12.8 Å². The molecule has 2 rings (SSSR count). The van der Waals surface area contributed by atoms with E-state index in [1.807, 2.05) is 12.1 Å². The van der Waals surface area contributed by atoms with Crippen LogP contribution in [0.2, 0.25) is 5.02 Å². The lowest BCUT2D eigenvalue weighted by Gasteiger charge is -2.34. The van der Waals surface area contributed by atoms with Gasteiger partial charge in [0, 0.05) is 18.8 Å². The number of hydrogen-bond acceptors (Lipinski definition) is 2. The highest BCUT2D eigenvalue weighted by Crippen LogP contribution is 2.30. The van der Waals surface area contributed by atoms with Gasteiger partial charge in [0.2, 0.25) is 0 Å². The smallest absolute Gasteiger partial charge is 0.252 e. The molecule has 0 heterocycles. The summed E-state index contributed by atoms with van der Waals surface area (Å²) in [4.78, 5) is 11.6. The molecule has 1 fully saturated rings.